The third kappa shape index (κ3) is 4.00. The van der Waals surface area contributed by atoms with Gasteiger partial charge in [0.15, 0.2) is 5.78 Å². The molecule has 1 fully saturated rings. The average Bonchev–Trinajstić information content (AvgIpc) is 3.52. The molecule has 5 heteroatoms. The van der Waals surface area contributed by atoms with Crippen LogP contribution in [-0.2, 0) is 13.6 Å². The molecule has 0 amide bonds. The highest BCUT2D eigenvalue weighted by atomic mass is 16.1. The summed E-state index contributed by atoms with van der Waals surface area (Å²) in [6, 6.07) is 33.4. The fourth-order valence-corrected chi connectivity index (χ4v) is 6.63. The molecule has 3 heterocycles. The summed E-state index contributed by atoms with van der Waals surface area (Å²) < 4.78 is 4.52. The molecule has 0 spiro atoms. The number of para-hydroxylation sites is 2. The molecular formula is C35H30N4O. The minimum absolute atomic E-state index is 0.0692. The van der Waals surface area contributed by atoms with Crippen molar-refractivity contribution in [1.82, 2.24) is 14.0 Å². The van der Waals surface area contributed by atoms with Crippen LogP contribution in [0.15, 0.2) is 97.2 Å². The number of likely N-dealkylation sites (tertiary alicyclic amines) is 1. The van der Waals surface area contributed by atoms with Crippen LogP contribution in [0.25, 0.3) is 32.7 Å². The van der Waals surface area contributed by atoms with E-state index < -0.39 is 0 Å². The van der Waals surface area contributed by atoms with Crippen molar-refractivity contribution in [1.29, 1.82) is 5.26 Å². The lowest BCUT2D eigenvalue weighted by atomic mass is 9.98. The summed E-state index contributed by atoms with van der Waals surface area (Å²) in [4.78, 5) is 16.6. The van der Waals surface area contributed by atoms with Crippen LogP contribution < -0.4 is 0 Å². The first-order chi connectivity index (χ1) is 19.6. The summed E-state index contributed by atoms with van der Waals surface area (Å²) in [6.07, 6.45) is 4.04. The maximum atomic E-state index is 14.1. The van der Waals surface area contributed by atoms with Crippen molar-refractivity contribution in [3.63, 3.8) is 0 Å². The fraction of sp³-hybridized carbons (Fsp3) is 0.200. The second kappa shape index (κ2) is 9.82. The van der Waals surface area contributed by atoms with Gasteiger partial charge >= 0.3 is 0 Å². The van der Waals surface area contributed by atoms with Crippen LogP contribution in [0.2, 0.25) is 0 Å². The first kappa shape index (κ1) is 24.4. The standard InChI is InChI=1S/C35H30N4O/c1-37-23-30(27-10-2-4-13-31(27)37)35(40)29-12-7-15-33-34(29)28-11-3-5-14-32(28)39(33)26-16-18-38(19-17-26)22-25-9-6-8-24(20-25)21-36/h2-15,20,23,26H,16-19,22H2,1H3. The number of aromatic nitrogens is 2. The number of aryl methyl sites for hydroxylation is 1. The Morgan fingerprint density at radius 3 is 2.33 bits per heavy atom. The molecule has 0 saturated carbocycles. The van der Waals surface area contributed by atoms with Gasteiger partial charge in [-0.05, 0) is 48.7 Å². The summed E-state index contributed by atoms with van der Waals surface area (Å²) in [5.41, 5.74) is 6.79. The summed E-state index contributed by atoms with van der Waals surface area (Å²) in [7, 11) is 2.00. The first-order valence-corrected chi connectivity index (χ1v) is 13.9. The monoisotopic (exact) mass is 522 g/mol. The molecule has 6 aromatic rings. The van der Waals surface area contributed by atoms with Gasteiger partial charge in [-0.2, -0.15) is 5.26 Å². The highest BCUT2D eigenvalue weighted by Crippen LogP contribution is 2.38. The van der Waals surface area contributed by atoms with Crippen LogP contribution in [0.1, 0.15) is 45.9 Å². The maximum absolute atomic E-state index is 14.1. The van der Waals surface area contributed by atoms with Crippen LogP contribution in [0.3, 0.4) is 0 Å². The van der Waals surface area contributed by atoms with E-state index in [-0.39, 0.29) is 5.78 Å². The van der Waals surface area contributed by atoms with Crippen molar-refractivity contribution in [2.24, 2.45) is 7.05 Å². The molecule has 7 rings (SSSR count). The van der Waals surface area contributed by atoms with Gasteiger partial charge < -0.3 is 9.13 Å². The number of fused-ring (bicyclic) bond motifs is 4. The van der Waals surface area contributed by atoms with Crippen LogP contribution in [0, 0.1) is 11.3 Å². The van der Waals surface area contributed by atoms with Crippen molar-refractivity contribution in [2.75, 3.05) is 13.1 Å². The smallest absolute Gasteiger partial charge is 0.195 e. The van der Waals surface area contributed by atoms with E-state index in [1.165, 1.54) is 11.1 Å². The summed E-state index contributed by atoms with van der Waals surface area (Å²) in [5.74, 6) is 0.0692. The molecule has 40 heavy (non-hydrogen) atoms. The van der Waals surface area contributed by atoms with Crippen LogP contribution in [-0.4, -0.2) is 32.9 Å². The van der Waals surface area contributed by atoms with Gasteiger partial charge in [0.2, 0.25) is 0 Å². The molecule has 0 aliphatic carbocycles. The molecule has 196 valence electrons. The van der Waals surface area contributed by atoms with Gasteiger partial charge in [0.1, 0.15) is 0 Å². The van der Waals surface area contributed by atoms with Crippen LogP contribution in [0.5, 0.6) is 0 Å². The number of ketones is 1. The number of carbonyl (C=O) groups excluding carboxylic acids is 1. The SMILES string of the molecule is Cn1cc(C(=O)c2cccc3c2c2ccccc2n3C2CCN(Cc3cccc(C#N)c3)CC2)c2ccccc21. The highest BCUT2D eigenvalue weighted by Gasteiger charge is 2.26. The second-order valence-electron chi connectivity index (χ2n) is 10.9. The normalized spacial score (nSPS) is 14.7. The Bertz CT molecular complexity index is 1950. The molecule has 0 bridgehead atoms. The molecule has 4 aromatic carbocycles. The molecule has 1 aliphatic heterocycles. The highest BCUT2D eigenvalue weighted by molar-refractivity contribution is 6.25. The molecule has 0 N–H and O–H groups in total. The van der Waals surface area contributed by atoms with Gasteiger partial charge in [-0.25, -0.2) is 0 Å². The number of nitrogens with zero attached hydrogens (tertiary/aromatic N) is 4. The number of rotatable bonds is 5. The molecule has 5 nitrogen and oxygen atoms in total. The predicted molar refractivity (Wildman–Crippen MR) is 161 cm³/mol. The molecule has 1 saturated heterocycles. The van der Waals surface area contributed by atoms with Crippen LogP contribution in [0.4, 0.5) is 0 Å². The van der Waals surface area contributed by atoms with Gasteiger partial charge in [-0.15, -0.1) is 0 Å². The summed E-state index contributed by atoms with van der Waals surface area (Å²) in [5, 5.41) is 12.4. The summed E-state index contributed by atoms with van der Waals surface area (Å²) >= 11 is 0. The van der Waals surface area contributed by atoms with E-state index in [1.54, 1.807) is 0 Å². The van der Waals surface area contributed by atoms with Gasteiger partial charge in [0, 0.05) is 77.2 Å². The largest absolute Gasteiger partial charge is 0.350 e. The number of piperidine rings is 1. The number of hydrogen-bond donors (Lipinski definition) is 0. The number of benzene rings is 4. The summed E-state index contributed by atoms with van der Waals surface area (Å²) in [6.45, 7) is 2.84. The number of hydrogen-bond acceptors (Lipinski definition) is 3. The Balaban J connectivity index is 1.25. The van der Waals surface area contributed by atoms with Crippen molar-refractivity contribution in [3.05, 3.63) is 119 Å². The molecule has 1 aliphatic rings. The number of carbonyl (C=O) groups is 1. The number of nitriles is 1. The lowest BCUT2D eigenvalue weighted by Crippen LogP contribution is -2.34. The van der Waals surface area contributed by atoms with Gasteiger partial charge in [0.05, 0.1) is 17.1 Å². The van der Waals surface area contributed by atoms with Gasteiger partial charge in [-0.1, -0.05) is 60.7 Å². The second-order valence-corrected chi connectivity index (χ2v) is 10.9. The molecule has 0 radical (unpaired) electrons. The topological polar surface area (TPSA) is 54.0 Å². The molecule has 0 atom stereocenters. The van der Waals surface area contributed by atoms with Crippen molar-refractivity contribution < 1.29 is 4.79 Å². The van der Waals surface area contributed by atoms with E-state index in [2.05, 4.69) is 58.0 Å². The van der Waals surface area contributed by atoms with E-state index in [0.29, 0.717) is 11.6 Å². The van der Waals surface area contributed by atoms with Gasteiger partial charge in [-0.3, -0.25) is 9.69 Å². The zero-order valence-electron chi connectivity index (χ0n) is 22.5. The predicted octanol–water partition coefficient (Wildman–Crippen LogP) is 7.23. The Labute approximate surface area is 233 Å². The zero-order chi connectivity index (χ0) is 27.2. The van der Waals surface area contributed by atoms with E-state index in [1.807, 2.05) is 66.3 Å². The zero-order valence-corrected chi connectivity index (χ0v) is 22.5. The van der Waals surface area contributed by atoms with Crippen LogP contribution >= 0.6 is 0 Å². The lowest BCUT2D eigenvalue weighted by Gasteiger charge is -2.33. The molecular weight excluding hydrogens is 492 g/mol. The third-order valence-corrected chi connectivity index (χ3v) is 8.51. The average molecular weight is 523 g/mol. The van der Waals surface area contributed by atoms with Crippen molar-refractivity contribution >= 4 is 38.5 Å². The minimum Gasteiger partial charge on any atom is -0.350 e. The van der Waals surface area contributed by atoms with Gasteiger partial charge in [0.25, 0.3) is 0 Å². The van der Waals surface area contributed by atoms with E-state index in [9.17, 15) is 10.1 Å². The third-order valence-electron chi connectivity index (χ3n) is 8.51. The fourth-order valence-electron chi connectivity index (χ4n) is 6.63. The van der Waals surface area contributed by atoms with Crippen molar-refractivity contribution in [2.45, 2.75) is 25.4 Å². The molecule has 2 aromatic heterocycles. The molecule has 0 unspecified atom stereocenters. The Morgan fingerprint density at radius 1 is 0.825 bits per heavy atom. The van der Waals surface area contributed by atoms with E-state index >= 15 is 0 Å². The Morgan fingerprint density at radius 2 is 1.52 bits per heavy atom. The Hall–Kier alpha value is -4.66. The Kier molecular flexibility index (Phi) is 5.99. The quantitative estimate of drug-likeness (QED) is 0.225. The minimum atomic E-state index is 0.0692. The van der Waals surface area contributed by atoms with E-state index in [0.717, 1.165) is 70.8 Å². The lowest BCUT2D eigenvalue weighted by molar-refractivity contribution is 0.104. The van der Waals surface area contributed by atoms with E-state index in [4.69, 9.17) is 0 Å². The maximum Gasteiger partial charge on any atom is 0.195 e. The van der Waals surface area contributed by atoms with Crippen molar-refractivity contribution in [3.8, 4) is 6.07 Å². The first-order valence-electron chi connectivity index (χ1n) is 13.9.